The summed E-state index contributed by atoms with van der Waals surface area (Å²) in [5.41, 5.74) is 0.687. The van der Waals surface area contributed by atoms with E-state index in [0.717, 1.165) is 32.2 Å². The van der Waals surface area contributed by atoms with E-state index in [4.69, 9.17) is 9.47 Å². The van der Waals surface area contributed by atoms with Gasteiger partial charge in [-0.3, -0.25) is 5.32 Å². The van der Waals surface area contributed by atoms with Crippen LogP contribution >= 0.6 is 0 Å². The Kier molecular flexibility index (Phi) is 10.2. The summed E-state index contributed by atoms with van der Waals surface area (Å²) < 4.78 is 11.7. The standard InChI is InChI=1S/C23H38N2O3/c1-4-5-6-7-12-17-27-22-16-11-9-14-20(22)24-23(26)28-21-15-10-8-13-19(21)18-25(2)3/h9,11,14,16,19,21H,4-8,10,12-13,15,17-18H2,1-3H3,(H,24,26)/p+1/t19-,21-/m1/s1. The Labute approximate surface area is 170 Å². The van der Waals surface area contributed by atoms with Crippen molar-refractivity contribution in [1.82, 2.24) is 0 Å². The van der Waals surface area contributed by atoms with Crippen LogP contribution in [-0.4, -0.2) is 39.4 Å². The molecule has 1 saturated carbocycles. The number of ether oxygens (including phenoxy) is 2. The predicted octanol–water partition coefficient (Wildman–Crippen LogP) is 4.29. The first-order valence-electron chi connectivity index (χ1n) is 11.1. The molecule has 1 aliphatic rings. The van der Waals surface area contributed by atoms with E-state index in [9.17, 15) is 4.79 Å². The van der Waals surface area contributed by atoms with Crippen molar-refractivity contribution in [1.29, 1.82) is 0 Å². The van der Waals surface area contributed by atoms with Crippen LogP contribution in [0.3, 0.4) is 0 Å². The molecule has 0 spiro atoms. The maximum atomic E-state index is 12.5. The summed E-state index contributed by atoms with van der Waals surface area (Å²) in [4.78, 5) is 13.9. The zero-order chi connectivity index (χ0) is 20.2. The summed E-state index contributed by atoms with van der Waals surface area (Å²) in [5, 5.41) is 2.90. The van der Waals surface area contributed by atoms with Crippen LogP contribution in [0.5, 0.6) is 5.75 Å². The molecule has 5 nitrogen and oxygen atoms in total. The third-order valence-electron chi connectivity index (χ3n) is 5.40. The minimum absolute atomic E-state index is 0.00953. The third kappa shape index (κ3) is 8.09. The first-order valence-corrected chi connectivity index (χ1v) is 11.1. The molecule has 0 aliphatic heterocycles. The van der Waals surface area contributed by atoms with Gasteiger partial charge in [0.25, 0.3) is 0 Å². The fourth-order valence-electron chi connectivity index (χ4n) is 3.95. The number of unbranched alkanes of at least 4 members (excludes halogenated alkanes) is 4. The largest absolute Gasteiger partial charge is 0.491 e. The minimum Gasteiger partial charge on any atom is -0.491 e. The molecular formula is C23H39N2O3+. The van der Waals surface area contributed by atoms with Crippen LogP contribution < -0.4 is 15.0 Å². The number of carbonyl (C=O) groups excluding carboxylic acids is 1. The maximum absolute atomic E-state index is 12.5. The van der Waals surface area contributed by atoms with Gasteiger partial charge in [0, 0.05) is 5.92 Å². The molecule has 1 amide bonds. The quantitative estimate of drug-likeness (QED) is 0.553. The molecule has 2 rings (SSSR count). The van der Waals surface area contributed by atoms with Gasteiger partial charge in [0.05, 0.1) is 32.9 Å². The summed E-state index contributed by atoms with van der Waals surface area (Å²) in [6, 6.07) is 7.61. The van der Waals surface area contributed by atoms with E-state index in [-0.39, 0.29) is 12.2 Å². The third-order valence-corrected chi connectivity index (χ3v) is 5.40. The molecule has 0 radical (unpaired) electrons. The molecular weight excluding hydrogens is 352 g/mol. The number of para-hydroxylation sites is 2. The fraction of sp³-hybridized carbons (Fsp3) is 0.696. The molecule has 0 saturated heterocycles. The summed E-state index contributed by atoms with van der Waals surface area (Å²) in [7, 11) is 4.31. The summed E-state index contributed by atoms with van der Waals surface area (Å²) in [6.07, 6.45) is 10.1. The fourth-order valence-corrected chi connectivity index (χ4v) is 3.95. The lowest BCUT2D eigenvalue weighted by Gasteiger charge is -2.31. The average Bonchev–Trinajstić information content (AvgIpc) is 2.67. The normalized spacial score (nSPS) is 19.4. The van der Waals surface area contributed by atoms with Crippen LogP contribution in [-0.2, 0) is 4.74 Å². The number of hydrogen-bond donors (Lipinski definition) is 2. The van der Waals surface area contributed by atoms with Crippen molar-refractivity contribution in [3.8, 4) is 5.75 Å². The smallest absolute Gasteiger partial charge is 0.412 e. The highest BCUT2D eigenvalue weighted by atomic mass is 16.6. The van der Waals surface area contributed by atoms with Gasteiger partial charge in [-0.15, -0.1) is 0 Å². The number of hydrogen-bond acceptors (Lipinski definition) is 3. The maximum Gasteiger partial charge on any atom is 0.412 e. The number of quaternary nitrogens is 1. The topological polar surface area (TPSA) is 52.0 Å². The van der Waals surface area contributed by atoms with Gasteiger partial charge in [-0.05, 0) is 37.8 Å². The van der Waals surface area contributed by atoms with Crippen LogP contribution in [0.4, 0.5) is 10.5 Å². The van der Waals surface area contributed by atoms with E-state index in [2.05, 4.69) is 26.3 Å². The van der Waals surface area contributed by atoms with Gasteiger partial charge < -0.3 is 14.4 Å². The van der Waals surface area contributed by atoms with Gasteiger partial charge in [0.15, 0.2) is 0 Å². The van der Waals surface area contributed by atoms with Crippen molar-refractivity contribution < 1.29 is 19.2 Å². The first kappa shape index (κ1) is 22.5. The SMILES string of the molecule is CCCCCCCOc1ccccc1NC(=O)O[C@@H]1CCCC[C@@H]1C[NH+](C)C. The van der Waals surface area contributed by atoms with E-state index in [0.29, 0.717) is 24.0 Å². The molecule has 1 aromatic rings. The molecule has 0 unspecified atom stereocenters. The van der Waals surface area contributed by atoms with E-state index < -0.39 is 0 Å². The lowest BCUT2D eigenvalue weighted by Crippen LogP contribution is -3.06. The Hall–Kier alpha value is -1.75. The Bertz CT molecular complexity index is 577. The van der Waals surface area contributed by atoms with E-state index in [1.54, 1.807) is 0 Å². The average molecular weight is 392 g/mol. The molecule has 1 fully saturated rings. The minimum atomic E-state index is -0.371. The summed E-state index contributed by atoms with van der Waals surface area (Å²) in [6.45, 7) is 3.93. The second-order valence-electron chi connectivity index (χ2n) is 8.28. The number of nitrogens with one attached hydrogen (secondary N) is 2. The Morgan fingerprint density at radius 2 is 1.86 bits per heavy atom. The Balaban J connectivity index is 1.84. The lowest BCUT2D eigenvalue weighted by atomic mass is 9.86. The van der Waals surface area contributed by atoms with Gasteiger partial charge in [-0.25, -0.2) is 4.79 Å². The lowest BCUT2D eigenvalue weighted by molar-refractivity contribution is -0.862. The van der Waals surface area contributed by atoms with Crippen LogP contribution in [0.1, 0.15) is 64.7 Å². The van der Waals surface area contributed by atoms with Crippen molar-refractivity contribution in [2.45, 2.75) is 70.8 Å². The van der Waals surface area contributed by atoms with Crippen molar-refractivity contribution in [3.63, 3.8) is 0 Å². The predicted molar refractivity (Wildman–Crippen MR) is 114 cm³/mol. The molecule has 2 N–H and O–H groups in total. The van der Waals surface area contributed by atoms with E-state index in [1.807, 2.05) is 24.3 Å². The number of anilines is 1. The van der Waals surface area contributed by atoms with Gasteiger partial charge in [-0.1, -0.05) is 51.2 Å². The number of benzene rings is 1. The molecule has 1 aliphatic carbocycles. The van der Waals surface area contributed by atoms with Crippen LogP contribution in [0.15, 0.2) is 24.3 Å². The van der Waals surface area contributed by atoms with E-state index in [1.165, 1.54) is 37.0 Å². The number of carbonyl (C=O) groups is 1. The molecule has 0 aromatic heterocycles. The Morgan fingerprint density at radius 1 is 1.11 bits per heavy atom. The summed E-state index contributed by atoms with van der Waals surface area (Å²) in [5.74, 6) is 1.16. The first-order chi connectivity index (χ1) is 13.6. The van der Waals surface area contributed by atoms with Crippen LogP contribution in [0.25, 0.3) is 0 Å². The van der Waals surface area contributed by atoms with Gasteiger partial charge >= 0.3 is 6.09 Å². The monoisotopic (exact) mass is 391 g/mol. The zero-order valence-corrected chi connectivity index (χ0v) is 18.0. The summed E-state index contributed by atoms with van der Waals surface area (Å²) >= 11 is 0. The highest BCUT2D eigenvalue weighted by Crippen LogP contribution is 2.28. The van der Waals surface area contributed by atoms with Gasteiger partial charge in [0.2, 0.25) is 0 Å². The van der Waals surface area contributed by atoms with Gasteiger partial charge in [0.1, 0.15) is 11.9 Å². The molecule has 5 heteroatoms. The second kappa shape index (κ2) is 12.7. The number of rotatable bonds is 11. The van der Waals surface area contributed by atoms with Crippen LogP contribution in [0, 0.1) is 5.92 Å². The second-order valence-corrected chi connectivity index (χ2v) is 8.28. The Morgan fingerprint density at radius 3 is 2.64 bits per heavy atom. The molecule has 0 heterocycles. The van der Waals surface area contributed by atoms with E-state index >= 15 is 0 Å². The number of amides is 1. The van der Waals surface area contributed by atoms with Gasteiger partial charge in [-0.2, -0.15) is 0 Å². The zero-order valence-electron chi connectivity index (χ0n) is 18.0. The molecule has 158 valence electrons. The molecule has 28 heavy (non-hydrogen) atoms. The van der Waals surface area contributed by atoms with Crippen molar-refractivity contribution in [3.05, 3.63) is 24.3 Å². The van der Waals surface area contributed by atoms with Crippen molar-refractivity contribution >= 4 is 11.8 Å². The highest BCUT2D eigenvalue weighted by molar-refractivity contribution is 5.86. The molecule has 2 atom stereocenters. The highest BCUT2D eigenvalue weighted by Gasteiger charge is 2.30. The molecule has 1 aromatic carbocycles. The van der Waals surface area contributed by atoms with Crippen LogP contribution in [0.2, 0.25) is 0 Å². The van der Waals surface area contributed by atoms with Crippen molar-refractivity contribution in [2.75, 3.05) is 32.6 Å². The van der Waals surface area contributed by atoms with Crippen molar-refractivity contribution in [2.24, 2.45) is 5.92 Å². The molecule has 0 bridgehead atoms.